The molecule has 0 spiro atoms. The minimum Gasteiger partial charge on any atom is -0.430 e. The van der Waals surface area contributed by atoms with Crippen LogP contribution in [0, 0.1) is 25.0 Å². The van der Waals surface area contributed by atoms with Crippen LogP contribution < -0.4 is 10.5 Å². The van der Waals surface area contributed by atoms with E-state index in [9.17, 15) is 10.1 Å². The lowest BCUT2D eigenvalue weighted by Gasteiger charge is -2.08. The zero-order chi connectivity index (χ0) is 14.7. The Morgan fingerprint density at radius 2 is 2.25 bits per heavy atom. The summed E-state index contributed by atoms with van der Waals surface area (Å²) >= 11 is 1.85. The van der Waals surface area contributed by atoms with E-state index >= 15 is 0 Å². The predicted octanol–water partition coefficient (Wildman–Crippen LogP) is 2.24. The van der Waals surface area contributed by atoms with E-state index in [0.29, 0.717) is 3.57 Å². The Bertz CT molecular complexity index is 728. The molecule has 0 fully saturated rings. The molecule has 0 aliphatic rings. The molecule has 9 heteroatoms. The van der Waals surface area contributed by atoms with Gasteiger partial charge in [0.25, 0.3) is 0 Å². The maximum absolute atomic E-state index is 11.1. The van der Waals surface area contributed by atoms with Gasteiger partial charge in [0.2, 0.25) is 17.6 Å². The SMILES string of the molecule is N#Cc1cc(I)c(Oc2ccnc(N)n2)c([N+](=O)[O-])c1. The number of aromatic nitrogens is 2. The van der Waals surface area contributed by atoms with Crippen molar-refractivity contribution in [1.29, 1.82) is 5.26 Å². The molecule has 0 saturated heterocycles. The third-order valence-corrected chi connectivity index (χ3v) is 3.01. The van der Waals surface area contributed by atoms with Crippen LogP contribution in [0.15, 0.2) is 24.4 Å². The molecule has 1 aromatic heterocycles. The summed E-state index contributed by atoms with van der Waals surface area (Å²) < 4.78 is 5.81. The lowest BCUT2D eigenvalue weighted by Crippen LogP contribution is -2.00. The second-order valence-electron chi connectivity index (χ2n) is 3.53. The highest BCUT2D eigenvalue weighted by Gasteiger charge is 2.21. The standard InChI is InChI=1S/C11H6IN5O3/c12-7-3-6(5-13)4-8(17(18)19)10(7)20-9-1-2-15-11(14)16-9/h1-4H,(H2,14,15,16). The molecule has 1 heterocycles. The number of nitro benzene ring substituents is 1. The number of nitrogens with zero attached hydrogens (tertiary/aromatic N) is 4. The summed E-state index contributed by atoms with van der Waals surface area (Å²) in [6.45, 7) is 0. The molecule has 2 rings (SSSR count). The molecule has 0 amide bonds. The van der Waals surface area contributed by atoms with Crippen molar-refractivity contribution in [2.24, 2.45) is 0 Å². The molecule has 8 nitrogen and oxygen atoms in total. The van der Waals surface area contributed by atoms with Crippen molar-refractivity contribution < 1.29 is 9.66 Å². The zero-order valence-corrected chi connectivity index (χ0v) is 11.9. The second-order valence-corrected chi connectivity index (χ2v) is 4.69. The number of anilines is 1. The number of hydrogen-bond donors (Lipinski definition) is 1. The van der Waals surface area contributed by atoms with Gasteiger partial charge >= 0.3 is 5.69 Å². The molecule has 20 heavy (non-hydrogen) atoms. The van der Waals surface area contributed by atoms with Gasteiger partial charge in [0.1, 0.15) is 0 Å². The van der Waals surface area contributed by atoms with Gasteiger partial charge < -0.3 is 10.5 Å². The Morgan fingerprint density at radius 3 is 2.85 bits per heavy atom. The Morgan fingerprint density at radius 1 is 1.50 bits per heavy atom. The molecular weight excluding hydrogens is 377 g/mol. The zero-order valence-electron chi connectivity index (χ0n) is 9.78. The van der Waals surface area contributed by atoms with Crippen LogP contribution in [0.4, 0.5) is 11.6 Å². The summed E-state index contributed by atoms with van der Waals surface area (Å²) in [5.41, 5.74) is 5.28. The van der Waals surface area contributed by atoms with Gasteiger partial charge in [-0.15, -0.1) is 0 Å². The highest BCUT2D eigenvalue weighted by Crippen LogP contribution is 2.36. The monoisotopic (exact) mass is 383 g/mol. The van der Waals surface area contributed by atoms with E-state index in [2.05, 4.69) is 9.97 Å². The third kappa shape index (κ3) is 2.91. The van der Waals surface area contributed by atoms with Crippen LogP contribution in [0.3, 0.4) is 0 Å². The molecule has 0 unspecified atom stereocenters. The van der Waals surface area contributed by atoms with E-state index in [1.54, 1.807) is 0 Å². The molecule has 0 atom stereocenters. The maximum atomic E-state index is 11.1. The van der Waals surface area contributed by atoms with Gasteiger partial charge in [-0.1, -0.05) is 0 Å². The molecule has 0 aliphatic carbocycles. The number of rotatable bonds is 3. The van der Waals surface area contributed by atoms with Crippen LogP contribution >= 0.6 is 22.6 Å². The first kappa shape index (κ1) is 13.9. The van der Waals surface area contributed by atoms with Crippen molar-refractivity contribution >= 4 is 34.2 Å². The van der Waals surface area contributed by atoms with Crippen molar-refractivity contribution in [2.75, 3.05) is 5.73 Å². The highest BCUT2D eigenvalue weighted by molar-refractivity contribution is 14.1. The summed E-state index contributed by atoms with van der Waals surface area (Å²) in [5.74, 6) is 0.0877. The molecule has 0 aliphatic heterocycles. The lowest BCUT2D eigenvalue weighted by atomic mass is 10.2. The van der Waals surface area contributed by atoms with Crippen LogP contribution in [-0.2, 0) is 0 Å². The maximum Gasteiger partial charge on any atom is 0.314 e. The number of ether oxygens (including phenoxy) is 1. The smallest absolute Gasteiger partial charge is 0.314 e. The van der Waals surface area contributed by atoms with Crippen molar-refractivity contribution in [3.63, 3.8) is 0 Å². The van der Waals surface area contributed by atoms with E-state index in [-0.39, 0.29) is 28.8 Å². The Balaban J connectivity index is 2.51. The minimum absolute atomic E-state index is 0.00573. The molecule has 100 valence electrons. The number of nitrogen functional groups attached to an aromatic ring is 1. The quantitative estimate of drug-likeness (QED) is 0.489. The van der Waals surface area contributed by atoms with E-state index in [0.717, 1.165) is 6.07 Å². The summed E-state index contributed by atoms with van der Waals surface area (Å²) in [5, 5.41) is 19.9. The van der Waals surface area contributed by atoms with Gasteiger partial charge in [0.05, 0.1) is 20.1 Å². The van der Waals surface area contributed by atoms with E-state index < -0.39 is 4.92 Å². The van der Waals surface area contributed by atoms with Gasteiger partial charge in [-0.3, -0.25) is 10.1 Å². The summed E-state index contributed by atoms with van der Waals surface area (Å²) in [6.07, 6.45) is 1.38. The Kier molecular flexibility index (Phi) is 3.94. The molecule has 0 bridgehead atoms. The Labute approximate surface area is 126 Å². The average molecular weight is 383 g/mol. The van der Waals surface area contributed by atoms with Gasteiger partial charge in [-0.2, -0.15) is 10.2 Å². The van der Waals surface area contributed by atoms with Gasteiger partial charge in [-0.25, -0.2) is 4.98 Å². The van der Waals surface area contributed by atoms with Gasteiger partial charge in [0.15, 0.2) is 0 Å². The fourth-order valence-corrected chi connectivity index (χ4v) is 2.12. The first-order valence-corrected chi connectivity index (χ1v) is 6.23. The van der Waals surface area contributed by atoms with Crippen LogP contribution in [0.1, 0.15) is 5.56 Å². The molecule has 0 radical (unpaired) electrons. The van der Waals surface area contributed by atoms with Crippen LogP contribution in [0.5, 0.6) is 11.6 Å². The van der Waals surface area contributed by atoms with Crippen molar-refractivity contribution in [3.8, 4) is 17.7 Å². The van der Waals surface area contributed by atoms with Crippen molar-refractivity contribution in [1.82, 2.24) is 9.97 Å². The summed E-state index contributed by atoms with van der Waals surface area (Å²) in [7, 11) is 0. The third-order valence-electron chi connectivity index (χ3n) is 2.21. The van der Waals surface area contributed by atoms with Crippen LogP contribution in [0.25, 0.3) is 0 Å². The Hall–Kier alpha value is -2.48. The molecule has 1 aromatic carbocycles. The topological polar surface area (TPSA) is 128 Å². The summed E-state index contributed by atoms with van der Waals surface area (Å²) in [6, 6.07) is 5.90. The molecule has 2 aromatic rings. The van der Waals surface area contributed by atoms with Gasteiger partial charge in [-0.05, 0) is 28.7 Å². The molecule has 2 N–H and O–H groups in total. The normalized spacial score (nSPS) is 9.80. The number of nitrogens with two attached hydrogens (primary N) is 1. The van der Waals surface area contributed by atoms with Crippen molar-refractivity contribution in [3.05, 3.63) is 43.6 Å². The fourth-order valence-electron chi connectivity index (χ4n) is 1.40. The molecule has 0 saturated carbocycles. The summed E-state index contributed by atoms with van der Waals surface area (Å²) in [4.78, 5) is 17.9. The number of nitriles is 1. The number of nitro groups is 1. The van der Waals surface area contributed by atoms with Crippen LogP contribution in [0.2, 0.25) is 0 Å². The highest BCUT2D eigenvalue weighted by atomic mass is 127. The lowest BCUT2D eigenvalue weighted by molar-refractivity contribution is -0.385. The van der Waals surface area contributed by atoms with E-state index in [4.69, 9.17) is 15.7 Å². The van der Waals surface area contributed by atoms with Gasteiger partial charge in [0, 0.05) is 18.3 Å². The van der Waals surface area contributed by atoms with E-state index in [1.165, 1.54) is 18.3 Å². The first-order valence-electron chi connectivity index (χ1n) is 5.15. The minimum atomic E-state index is -0.622. The van der Waals surface area contributed by atoms with E-state index in [1.807, 2.05) is 28.7 Å². The fraction of sp³-hybridized carbons (Fsp3) is 0. The van der Waals surface area contributed by atoms with Crippen LogP contribution in [-0.4, -0.2) is 14.9 Å². The van der Waals surface area contributed by atoms with Crippen molar-refractivity contribution in [2.45, 2.75) is 0 Å². The number of hydrogen-bond acceptors (Lipinski definition) is 7. The largest absolute Gasteiger partial charge is 0.430 e. The number of benzene rings is 1. The average Bonchev–Trinajstić information content (AvgIpc) is 2.40. The number of halogens is 1. The first-order chi connectivity index (χ1) is 9.51. The molecular formula is C11H6IN5O3. The predicted molar refractivity (Wildman–Crippen MR) is 77.0 cm³/mol. The second kappa shape index (κ2) is 5.66.